The van der Waals surface area contributed by atoms with Crippen LogP contribution in [0.4, 0.5) is 4.39 Å². The zero-order valence-electron chi connectivity index (χ0n) is 9.16. The zero-order valence-corrected chi connectivity index (χ0v) is 10.7. The van der Waals surface area contributed by atoms with E-state index in [9.17, 15) is 14.3 Å². The van der Waals surface area contributed by atoms with Crippen LogP contribution >= 0.6 is 15.9 Å². The molecular weight excluding hydrogens is 307 g/mol. The van der Waals surface area contributed by atoms with E-state index >= 15 is 0 Å². The number of phenols is 1. The average molecular weight is 315 g/mol. The summed E-state index contributed by atoms with van der Waals surface area (Å²) in [6.45, 7) is 1.66. The number of carbonyl (C=O) groups is 1. The molecule has 1 aromatic heterocycles. The molecule has 1 aromatic carbocycles. The monoisotopic (exact) mass is 314 g/mol. The Morgan fingerprint density at radius 2 is 2.17 bits per heavy atom. The van der Waals surface area contributed by atoms with Gasteiger partial charge in [-0.15, -0.1) is 0 Å². The lowest BCUT2D eigenvalue weighted by Crippen LogP contribution is -1.95. The minimum absolute atomic E-state index is 0.135. The largest absolute Gasteiger partial charge is 0.504 e. The van der Waals surface area contributed by atoms with Gasteiger partial charge >= 0.3 is 5.97 Å². The van der Waals surface area contributed by atoms with Crippen LogP contribution < -0.4 is 0 Å². The van der Waals surface area contributed by atoms with E-state index in [-0.39, 0.29) is 17.0 Å². The molecule has 3 N–H and O–H groups in total. The fraction of sp³-hybridized carbons (Fsp3) is 0.0909. The van der Waals surface area contributed by atoms with Gasteiger partial charge in [-0.3, -0.25) is 5.10 Å². The van der Waals surface area contributed by atoms with Crippen molar-refractivity contribution in [3.8, 4) is 17.0 Å². The number of phenolic OH excluding ortho intramolecular Hbond substituents is 1. The summed E-state index contributed by atoms with van der Waals surface area (Å²) in [5.41, 5.74) is 0.759. The summed E-state index contributed by atoms with van der Waals surface area (Å²) in [7, 11) is 0. The third-order valence-electron chi connectivity index (χ3n) is 2.51. The van der Waals surface area contributed by atoms with Crippen molar-refractivity contribution < 1.29 is 19.4 Å². The summed E-state index contributed by atoms with van der Waals surface area (Å²) in [4.78, 5) is 10.7. The first-order chi connectivity index (χ1) is 8.41. The van der Waals surface area contributed by atoms with E-state index in [2.05, 4.69) is 26.1 Å². The summed E-state index contributed by atoms with van der Waals surface area (Å²) in [6.07, 6.45) is 0. The predicted molar refractivity (Wildman–Crippen MR) is 65.0 cm³/mol. The number of aromatic hydroxyl groups is 1. The Kier molecular flexibility index (Phi) is 3.08. The molecule has 0 saturated carbocycles. The molecule has 2 rings (SSSR count). The van der Waals surface area contributed by atoms with Gasteiger partial charge in [-0.05, 0) is 24.6 Å². The van der Waals surface area contributed by atoms with Crippen LogP contribution in [0.3, 0.4) is 0 Å². The second-order valence-electron chi connectivity index (χ2n) is 3.66. The Balaban J connectivity index is 2.66. The maximum absolute atomic E-state index is 13.4. The molecule has 0 fully saturated rings. The molecule has 7 heteroatoms. The van der Waals surface area contributed by atoms with Crippen molar-refractivity contribution in [1.82, 2.24) is 10.2 Å². The number of halogens is 2. The highest BCUT2D eigenvalue weighted by Gasteiger charge is 2.19. The van der Waals surface area contributed by atoms with Crippen LogP contribution in [-0.2, 0) is 0 Å². The van der Waals surface area contributed by atoms with Crippen molar-refractivity contribution in [3.63, 3.8) is 0 Å². The Labute approximate surface area is 109 Å². The molecule has 2 aromatic rings. The Bertz CT molecular complexity index is 613. The number of H-pyrrole nitrogens is 1. The van der Waals surface area contributed by atoms with E-state index in [1.807, 2.05) is 0 Å². The fourth-order valence-electron chi connectivity index (χ4n) is 1.58. The van der Waals surface area contributed by atoms with Gasteiger partial charge in [0.2, 0.25) is 0 Å². The average Bonchev–Trinajstić information content (AvgIpc) is 2.76. The molecule has 0 aliphatic heterocycles. The molecule has 1 heterocycles. The minimum atomic E-state index is -1.18. The van der Waals surface area contributed by atoms with Crippen LogP contribution in [0.2, 0.25) is 0 Å². The molecular formula is C11H8BrFN2O3. The van der Waals surface area contributed by atoms with E-state index < -0.39 is 17.5 Å². The summed E-state index contributed by atoms with van der Waals surface area (Å²) in [6, 6.07) is 2.37. The normalized spacial score (nSPS) is 10.6. The molecule has 0 bridgehead atoms. The molecule has 94 valence electrons. The van der Waals surface area contributed by atoms with Gasteiger partial charge in [0.1, 0.15) is 5.69 Å². The Morgan fingerprint density at radius 1 is 1.50 bits per heavy atom. The maximum Gasteiger partial charge on any atom is 0.353 e. The molecule has 0 unspecified atom stereocenters. The molecule has 0 atom stereocenters. The van der Waals surface area contributed by atoms with Crippen LogP contribution in [-0.4, -0.2) is 26.4 Å². The molecule has 0 aliphatic rings. The van der Waals surface area contributed by atoms with E-state index in [4.69, 9.17) is 5.11 Å². The lowest BCUT2D eigenvalue weighted by molar-refractivity contribution is 0.0690. The number of hydrogen-bond donors (Lipinski definition) is 3. The number of nitrogens with zero attached hydrogens (tertiary/aromatic N) is 1. The third-order valence-corrected chi connectivity index (χ3v) is 3.34. The van der Waals surface area contributed by atoms with Crippen LogP contribution in [0, 0.1) is 12.7 Å². The summed E-state index contributed by atoms with van der Waals surface area (Å²) >= 11 is 3.16. The highest BCUT2D eigenvalue weighted by atomic mass is 79.9. The number of benzene rings is 1. The molecule has 0 aliphatic carbocycles. The number of carboxylic acids is 1. The number of carboxylic acid groups (broad SMARTS) is 1. The van der Waals surface area contributed by atoms with Gasteiger partial charge in [0.15, 0.2) is 11.6 Å². The SMILES string of the molecule is Cc1c(Br)cc(F)c(O)c1-c1cc(C(=O)O)[nH]n1. The number of aromatic nitrogens is 2. The van der Waals surface area contributed by atoms with Crippen LogP contribution in [0.5, 0.6) is 5.75 Å². The second-order valence-corrected chi connectivity index (χ2v) is 4.52. The smallest absolute Gasteiger partial charge is 0.353 e. The quantitative estimate of drug-likeness (QED) is 0.795. The summed E-state index contributed by atoms with van der Waals surface area (Å²) < 4.78 is 13.9. The molecule has 0 radical (unpaired) electrons. The number of aromatic amines is 1. The van der Waals surface area contributed by atoms with Crippen molar-refractivity contribution in [1.29, 1.82) is 0 Å². The van der Waals surface area contributed by atoms with E-state index in [0.717, 1.165) is 6.07 Å². The molecule has 0 spiro atoms. The van der Waals surface area contributed by atoms with Crippen LogP contribution in [0.1, 0.15) is 16.1 Å². The standard InChI is InChI=1S/C11H8BrFN2O3/c1-4-5(12)2-6(13)10(16)9(4)7-3-8(11(17)18)15-14-7/h2-3,16H,1H3,(H,14,15)(H,17,18). The molecule has 0 saturated heterocycles. The number of rotatable bonds is 2. The summed E-state index contributed by atoms with van der Waals surface area (Å²) in [5.74, 6) is -2.54. The molecule has 5 nitrogen and oxygen atoms in total. The third kappa shape index (κ3) is 1.97. The predicted octanol–water partition coefficient (Wildman–Crippen LogP) is 2.69. The van der Waals surface area contributed by atoms with Crippen molar-refractivity contribution in [2.75, 3.05) is 0 Å². The van der Waals surface area contributed by atoms with Crippen molar-refractivity contribution >= 4 is 21.9 Å². The molecule has 0 amide bonds. The van der Waals surface area contributed by atoms with Gasteiger partial charge in [-0.25, -0.2) is 9.18 Å². The van der Waals surface area contributed by atoms with Crippen LogP contribution in [0.25, 0.3) is 11.3 Å². The van der Waals surface area contributed by atoms with E-state index in [1.54, 1.807) is 6.92 Å². The van der Waals surface area contributed by atoms with Gasteiger partial charge in [0.05, 0.1) is 11.3 Å². The van der Waals surface area contributed by atoms with Gasteiger partial charge in [0.25, 0.3) is 0 Å². The first kappa shape index (κ1) is 12.6. The van der Waals surface area contributed by atoms with Gasteiger partial charge < -0.3 is 10.2 Å². The van der Waals surface area contributed by atoms with Gasteiger partial charge in [-0.2, -0.15) is 5.10 Å². The highest BCUT2D eigenvalue weighted by Crippen LogP contribution is 2.37. The topological polar surface area (TPSA) is 86.2 Å². The van der Waals surface area contributed by atoms with Crippen molar-refractivity contribution in [2.45, 2.75) is 6.92 Å². The number of hydrogen-bond acceptors (Lipinski definition) is 3. The van der Waals surface area contributed by atoms with E-state index in [1.165, 1.54) is 6.07 Å². The first-order valence-corrected chi connectivity index (χ1v) is 5.67. The second kappa shape index (κ2) is 4.41. The van der Waals surface area contributed by atoms with Gasteiger partial charge in [-0.1, -0.05) is 15.9 Å². The van der Waals surface area contributed by atoms with Crippen molar-refractivity contribution in [2.24, 2.45) is 0 Å². The first-order valence-electron chi connectivity index (χ1n) is 4.88. The summed E-state index contributed by atoms with van der Waals surface area (Å²) in [5, 5.41) is 24.5. The van der Waals surface area contributed by atoms with E-state index in [0.29, 0.717) is 10.0 Å². The number of aromatic carboxylic acids is 1. The van der Waals surface area contributed by atoms with Gasteiger partial charge in [0, 0.05) is 4.47 Å². The lowest BCUT2D eigenvalue weighted by Gasteiger charge is -2.08. The Morgan fingerprint density at radius 3 is 2.72 bits per heavy atom. The lowest BCUT2D eigenvalue weighted by atomic mass is 10.0. The Hall–Kier alpha value is -1.89. The van der Waals surface area contributed by atoms with Crippen LogP contribution in [0.15, 0.2) is 16.6 Å². The fourth-order valence-corrected chi connectivity index (χ4v) is 1.98. The zero-order chi connectivity index (χ0) is 13.4. The van der Waals surface area contributed by atoms with Crippen molar-refractivity contribution in [3.05, 3.63) is 33.7 Å². The molecule has 18 heavy (non-hydrogen) atoms. The minimum Gasteiger partial charge on any atom is -0.504 e. The highest BCUT2D eigenvalue weighted by molar-refractivity contribution is 9.10. The maximum atomic E-state index is 13.4. The number of nitrogens with one attached hydrogen (secondary N) is 1.